The van der Waals surface area contributed by atoms with Gasteiger partial charge >= 0.3 is 0 Å². The number of carbonyl (C=O) groups is 1. The second-order valence-corrected chi connectivity index (χ2v) is 8.80. The first-order chi connectivity index (χ1) is 14.9. The number of amides is 1. The van der Waals surface area contributed by atoms with Crippen LogP contribution in [-0.2, 0) is 17.9 Å². The Balaban J connectivity index is 1.45. The van der Waals surface area contributed by atoms with E-state index in [9.17, 15) is 4.79 Å². The number of rotatable bonds is 6. The number of hydrogen-bond acceptors (Lipinski definition) is 6. The van der Waals surface area contributed by atoms with Gasteiger partial charge in [0, 0.05) is 55.7 Å². The minimum atomic E-state index is -0.0130. The molecule has 164 valence electrons. The van der Waals surface area contributed by atoms with Crippen LogP contribution in [0.4, 0.5) is 17.5 Å². The molecule has 1 fully saturated rings. The van der Waals surface area contributed by atoms with E-state index >= 15 is 0 Å². The Labute approximate surface area is 184 Å². The zero-order valence-corrected chi connectivity index (χ0v) is 18.7. The fourth-order valence-corrected chi connectivity index (χ4v) is 4.26. The summed E-state index contributed by atoms with van der Waals surface area (Å²) in [4.78, 5) is 25.5. The lowest BCUT2D eigenvalue weighted by atomic mass is 10.1. The second-order valence-electron chi connectivity index (χ2n) is 8.80. The number of benzene rings is 1. The Hall–Kier alpha value is -2.93. The lowest BCUT2D eigenvalue weighted by molar-refractivity contribution is -0.127. The molecule has 0 radical (unpaired) electrons. The first-order valence-corrected chi connectivity index (χ1v) is 11.1. The minimum Gasteiger partial charge on any atom is -0.365 e. The maximum Gasteiger partial charge on any atom is 0.246 e. The standard InChI is InChI=1S/C24H32N6O/c1-5-22(31)29-10-6-7-21(15-29)26-23-17(4)12-25-24(28-23)27-20-9-8-18-13-30(16(2)3)14-19(18)11-20/h5,8-9,11-12,16,21H,1,6-7,10,13-15H2,2-4H3,(H2,25,26,27,28). The van der Waals surface area contributed by atoms with E-state index in [1.807, 2.05) is 18.0 Å². The van der Waals surface area contributed by atoms with Gasteiger partial charge in [-0.05, 0) is 62.9 Å². The van der Waals surface area contributed by atoms with Crippen LogP contribution < -0.4 is 10.6 Å². The monoisotopic (exact) mass is 420 g/mol. The van der Waals surface area contributed by atoms with Gasteiger partial charge in [-0.15, -0.1) is 0 Å². The number of nitrogens with one attached hydrogen (secondary N) is 2. The average molecular weight is 421 g/mol. The van der Waals surface area contributed by atoms with Crippen LogP contribution >= 0.6 is 0 Å². The van der Waals surface area contributed by atoms with Gasteiger partial charge in [-0.3, -0.25) is 9.69 Å². The molecule has 1 saturated heterocycles. The van der Waals surface area contributed by atoms with Gasteiger partial charge in [-0.25, -0.2) is 4.98 Å². The van der Waals surface area contributed by atoms with Crippen LogP contribution in [0.1, 0.15) is 43.4 Å². The van der Waals surface area contributed by atoms with Gasteiger partial charge < -0.3 is 15.5 Å². The number of aromatic nitrogens is 2. The number of fused-ring (bicyclic) bond motifs is 1. The van der Waals surface area contributed by atoms with Gasteiger partial charge in [0.15, 0.2) is 0 Å². The van der Waals surface area contributed by atoms with E-state index in [4.69, 9.17) is 4.98 Å². The fourth-order valence-electron chi connectivity index (χ4n) is 4.26. The first-order valence-electron chi connectivity index (χ1n) is 11.1. The Morgan fingerprint density at radius 3 is 2.87 bits per heavy atom. The fraction of sp³-hybridized carbons (Fsp3) is 0.458. The van der Waals surface area contributed by atoms with E-state index in [2.05, 4.69) is 59.1 Å². The highest BCUT2D eigenvalue weighted by Gasteiger charge is 2.23. The summed E-state index contributed by atoms with van der Waals surface area (Å²) < 4.78 is 0. The van der Waals surface area contributed by atoms with Gasteiger partial charge in [0.1, 0.15) is 5.82 Å². The molecular formula is C24H32N6O. The summed E-state index contributed by atoms with van der Waals surface area (Å²) in [6.07, 6.45) is 5.19. The van der Waals surface area contributed by atoms with E-state index < -0.39 is 0 Å². The summed E-state index contributed by atoms with van der Waals surface area (Å²) in [6.45, 7) is 13.5. The lowest BCUT2D eigenvalue weighted by Gasteiger charge is -2.33. The number of carbonyl (C=O) groups excluding carboxylic acids is 1. The van der Waals surface area contributed by atoms with Gasteiger partial charge in [0.25, 0.3) is 0 Å². The normalized spacial score (nSPS) is 18.7. The van der Waals surface area contributed by atoms with E-state index in [0.717, 1.165) is 49.5 Å². The summed E-state index contributed by atoms with van der Waals surface area (Å²) >= 11 is 0. The molecule has 0 bridgehead atoms. The van der Waals surface area contributed by atoms with Crippen molar-refractivity contribution in [2.24, 2.45) is 0 Å². The molecule has 4 rings (SSSR count). The number of hydrogen-bond donors (Lipinski definition) is 2. The van der Waals surface area contributed by atoms with E-state index in [-0.39, 0.29) is 11.9 Å². The Morgan fingerprint density at radius 1 is 1.29 bits per heavy atom. The Bertz CT molecular complexity index is 973. The number of anilines is 3. The van der Waals surface area contributed by atoms with Gasteiger partial charge in [0.2, 0.25) is 11.9 Å². The van der Waals surface area contributed by atoms with Crippen LogP contribution in [-0.4, -0.2) is 50.8 Å². The third-order valence-electron chi connectivity index (χ3n) is 6.16. The summed E-state index contributed by atoms with van der Waals surface area (Å²) in [5, 5.41) is 6.88. The van der Waals surface area contributed by atoms with Gasteiger partial charge in [-0.1, -0.05) is 12.6 Å². The summed E-state index contributed by atoms with van der Waals surface area (Å²) in [6, 6.07) is 7.20. The van der Waals surface area contributed by atoms with Gasteiger partial charge in [-0.2, -0.15) is 4.98 Å². The summed E-state index contributed by atoms with van der Waals surface area (Å²) in [7, 11) is 0. The number of aryl methyl sites for hydroxylation is 1. The molecule has 1 aromatic carbocycles. The molecule has 2 aliphatic heterocycles. The molecule has 2 N–H and O–H groups in total. The van der Waals surface area contributed by atoms with Crippen molar-refractivity contribution in [3.05, 3.63) is 53.7 Å². The van der Waals surface area contributed by atoms with Crippen molar-refractivity contribution >= 4 is 23.4 Å². The SMILES string of the molecule is C=CC(=O)N1CCCC(Nc2nc(Nc3ccc4c(c3)CN(C(C)C)C4)ncc2C)C1. The smallest absolute Gasteiger partial charge is 0.246 e. The molecule has 0 saturated carbocycles. The van der Waals surface area contributed by atoms with Crippen molar-refractivity contribution in [2.75, 3.05) is 23.7 Å². The molecule has 7 heteroatoms. The average Bonchev–Trinajstić information content (AvgIpc) is 3.19. The zero-order chi connectivity index (χ0) is 22.0. The molecule has 7 nitrogen and oxygen atoms in total. The molecular weight excluding hydrogens is 388 g/mol. The molecule has 0 spiro atoms. The quantitative estimate of drug-likeness (QED) is 0.692. The molecule has 2 aromatic rings. The molecule has 3 heterocycles. The predicted octanol–water partition coefficient (Wildman–Crippen LogP) is 3.84. The molecule has 1 unspecified atom stereocenters. The highest BCUT2D eigenvalue weighted by molar-refractivity contribution is 5.87. The largest absolute Gasteiger partial charge is 0.365 e. The van der Waals surface area contributed by atoms with E-state index in [1.165, 1.54) is 17.2 Å². The molecule has 1 atom stereocenters. The molecule has 2 aliphatic rings. The maximum absolute atomic E-state index is 12.0. The summed E-state index contributed by atoms with van der Waals surface area (Å²) in [5.41, 5.74) is 4.74. The molecule has 1 amide bonds. The van der Waals surface area contributed by atoms with Crippen molar-refractivity contribution in [2.45, 2.75) is 58.8 Å². The number of piperidine rings is 1. The van der Waals surface area contributed by atoms with Gasteiger partial charge in [0.05, 0.1) is 0 Å². The van der Waals surface area contributed by atoms with Crippen LogP contribution in [0.3, 0.4) is 0 Å². The molecule has 0 aliphatic carbocycles. The van der Waals surface area contributed by atoms with Crippen molar-refractivity contribution in [3.8, 4) is 0 Å². The minimum absolute atomic E-state index is 0.0130. The molecule has 31 heavy (non-hydrogen) atoms. The van der Waals surface area contributed by atoms with Crippen LogP contribution in [0, 0.1) is 6.92 Å². The van der Waals surface area contributed by atoms with Crippen molar-refractivity contribution in [3.63, 3.8) is 0 Å². The van der Waals surface area contributed by atoms with E-state index in [1.54, 1.807) is 0 Å². The van der Waals surface area contributed by atoms with Crippen molar-refractivity contribution < 1.29 is 4.79 Å². The number of likely N-dealkylation sites (tertiary alicyclic amines) is 1. The van der Waals surface area contributed by atoms with Crippen LogP contribution in [0.2, 0.25) is 0 Å². The predicted molar refractivity (Wildman–Crippen MR) is 124 cm³/mol. The van der Waals surface area contributed by atoms with Crippen molar-refractivity contribution in [1.29, 1.82) is 0 Å². The Morgan fingerprint density at radius 2 is 2.10 bits per heavy atom. The van der Waals surface area contributed by atoms with Crippen LogP contribution in [0.5, 0.6) is 0 Å². The highest BCUT2D eigenvalue weighted by atomic mass is 16.2. The third-order valence-corrected chi connectivity index (χ3v) is 6.16. The Kier molecular flexibility index (Phi) is 6.23. The zero-order valence-electron chi connectivity index (χ0n) is 18.7. The first kappa shape index (κ1) is 21.3. The van der Waals surface area contributed by atoms with E-state index in [0.29, 0.717) is 18.5 Å². The maximum atomic E-state index is 12.0. The molecule has 1 aromatic heterocycles. The second kappa shape index (κ2) is 9.06. The summed E-state index contributed by atoms with van der Waals surface area (Å²) in [5.74, 6) is 1.37. The van der Waals surface area contributed by atoms with Crippen molar-refractivity contribution in [1.82, 2.24) is 19.8 Å². The number of nitrogens with zero attached hydrogens (tertiary/aromatic N) is 4. The highest BCUT2D eigenvalue weighted by Crippen LogP contribution is 2.28. The third kappa shape index (κ3) is 4.88. The topological polar surface area (TPSA) is 73.4 Å². The van der Waals surface area contributed by atoms with Crippen LogP contribution in [0.15, 0.2) is 37.1 Å². The lowest BCUT2D eigenvalue weighted by Crippen LogP contribution is -2.44. The van der Waals surface area contributed by atoms with Crippen LogP contribution in [0.25, 0.3) is 0 Å².